The van der Waals surface area contributed by atoms with Crippen molar-refractivity contribution in [1.29, 1.82) is 0 Å². The molecule has 29 heavy (non-hydrogen) atoms. The van der Waals surface area contributed by atoms with E-state index in [1.807, 2.05) is 75.8 Å². The minimum absolute atomic E-state index is 0.116. The molecule has 0 amide bonds. The Kier molecular flexibility index (Phi) is 8.17. The molecule has 4 heteroatoms. The summed E-state index contributed by atoms with van der Waals surface area (Å²) in [5.41, 5.74) is 2.00. The van der Waals surface area contributed by atoms with E-state index >= 15 is 0 Å². The van der Waals surface area contributed by atoms with Gasteiger partial charge in [-0.1, -0.05) is 30.3 Å². The predicted molar refractivity (Wildman–Crippen MR) is 117 cm³/mol. The van der Waals surface area contributed by atoms with E-state index in [-0.39, 0.29) is 18.4 Å². The summed E-state index contributed by atoms with van der Waals surface area (Å²) >= 11 is 1.33. The SMILES string of the molecule is CCOC(=O)/C(SC)=C([C]1[CH][CH][CH][CH]1)\C(=C/C(=O)c1ccccc1)[C]1[CH][CH][CH][CH]1. The molecule has 1 aromatic carbocycles. The fourth-order valence-electron chi connectivity index (χ4n) is 3.10. The molecule has 0 spiro atoms. The van der Waals surface area contributed by atoms with Crippen LogP contribution in [0.2, 0.25) is 0 Å². The van der Waals surface area contributed by atoms with E-state index in [0.717, 1.165) is 11.8 Å². The summed E-state index contributed by atoms with van der Waals surface area (Å²) in [4.78, 5) is 26.2. The second-order valence-electron chi connectivity index (χ2n) is 6.26. The van der Waals surface area contributed by atoms with Gasteiger partial charge < -0.3 is 4.74 Å². The zero-order valence-corrected chi connectivity index (χ0v) is 17.2. The van der Waals surface area contributed by atoms with E-state index in [1.54, 1.807) is 25.1 Å². The highest BCUT2D eigenvalue weighted by Crippen LogP contribution is 2.45. The summed E-state index contributed by atoms with van der Waals surface area (Å²) in [6, 6.07) is 9.12. The number of thioether (sulfide) groups is 1. The molecule has 0 aromatic heterocycles. The summed E-state index contributed by atoms with van der Waals surface area (Å²) in [6.07, 6.45) is 18.9. The molecule has 0 aliphatic heterocycles. The van der Waals surface area contributed by atoms with Crippen molar-refractivity contribution in [3.05, 3.63) is 121 Å². The summed E-state index contributed by atoms with van der Waals surface area (Å²) in [5.74, 6) is 1.24. The number of esters is 1. The second-order valence-corrected chi connectivity index (χ2v) is 7.08. The lowest BCUT2D eigenvalue weighted by Gasteiger charge is -2.24. The molecule has 1 aromatic rings. The van der Waals surface area contributed by atoms with Crippen molar-refractivity contribution >= 4 is 23.5 Å². The smallest absolute Gasteiger partial charge is 0.344 e. The number of carbonyl (C=O) groups is 2. The summed E-state index contributed by atoms with van der Waals surface area (Å²) in [6.45, 7) is 2.07. The number of carbonyl (C=O) groups excluding carboxylic acids is 2. The highest BCUT2D eigenvalue weighted by Gasteiger charge is 2.34. The number of hydrogen-bond donors (Lipinski definition) is 0. The third-order valence-electron chi connectivity index (χ3n) is 4.42. The Balaban J connectivity index is 2.11. The second kappa shape index (κ2) is 10.8. The van der Waals surface area contributed by atoms with Crippen molar-refractivity contribution in [3.8, 4) is 0 Å². The van der Waals surface area contributed by atoms with Crippen LogP contribution < -0.4 is 0 Å². The van der Waals surface area contributed by atoms with Gasteiger partial charge in [-0.25, -0.2) is 4.79 Å². The van der Waals surface area contributed by atoms with Gasteiger partial charge in [-0.2, -0.15) is 0 Å². The monoisotopic (exact) mass is 402 g/mol. The maximum absolute atomic E-state index is 13.0. The molecule has 3 rings (SSSR count). The van der Waals surface area contributed by atoms with Crippen LogP contribution in [-0.4, -0.2) is 24.6 Å². The van der Waals surface area contributed by atoms with Gasteiger partial charge in [0.05, 0.1) is 11.5 Å². The number of benzene rings is 1. The van der Waals surface area contributed by atoms with Gasteiger partial charge in [0.1, 0.15) is 0 Å². The lowest BCUT2D eigenvalue weighted by Crippen LogP contribution is -2.16. The predicted octanol–water partition coefficient (Wildman–Crippen LogP) is 4.79. The van der Waals surface area contributed by atoms with E-state index in [4.69, 9.17) is 4.74 Å². The molecule has 10 radical (unpaired) electrons. The maximum Gasteiger partial charge on any atom is 0.344 e. The van der Waals surface area contributed by atoms with Crippen LogP contribution in [-0.2, 0) is 9.53 Å². The fraction of sp³-hybridized carbons (Fsp3) is 0.120. The van der Waals surface area contributed by atoms with Crippen LogP contribution in [0.4, 0.5) is 0 Å². The van der Waals surface area contributed by atoms with Crippen LogP contribution in [0.15, 0.2) is 52.5 Å². The lowest BCUT2D eigenvalue weighted by molar-refractivity contribution is -0.137. The molecule has 146 valence electrons. The van der Waals surface area contributed by atoms with Gasteiger partial charge in [0.15, 0.2) is 5.78 Å². The molecule has 0 atom stereocenters. The lowest BCUT2D eigenvalue weighted by atomic mass is 9.81. The van der Waals surface area contributed by atoms with Gasteiger partial charge in [-0.3, -0.25) is 4.79 Å². The van der Waals surface area contributed by atoms with Crippen molar-refractivity contribution in [2.24, 2.45) is 0 Å². The molecule has 2 saturated carbocycles. The van der Waals surface area contributed by atoms with Crippen molar-refractivity contribution < 1.29 is 14.3 Å². The molecule has 2 aliphatic carbocycles. The summed E-state index contributed by atoms with van der Waals surface area (Å²) in [5, 5.41) is 0. The van der Waals surface area contributed by atoms with Crippen LogP contribution in [0.3, 0.4) is 0 Å². The molecule has 0 heterocycles. The quantitative estimate of drug-likeness (QED) is 0.271. The normalized spacial score (nSPS) is 19.3. The Morgan fingerprint density at radius 3 is 2.07 bits per heavy atom. The minimum atomic E-state index is -0.388. The van der Waals surface area contributed by atoms with E-state index < -0.39 is 0 Å². The summed E-state index contributed by atoms with van der Waals surface area (Å²) in [7, 11) is 0. The Hall–Kier alpha value is -1.81. The molecule has 2 fully saturated rings. The first-order valence-corrected chi connectivity index (χ1v) is 10.6. The molecular weight excluding hydrogens is 380 g/mol. The van der Waals surface area contributed by atoms with Crippen LogP contribution in [0.1, 0.15) is 17.3 Å². The number of rotatable bonds is 8. The molecule has 2 aliphatic rings. The number of hydrogen-bond acceptors (Lipinski definition) is 4. The van der Waals surface area contributed by atoms with E-state index in [2.05, 4.69) is 0 Å². The molecular formula is C25H22O3S. The zero-order chi connectivity index (χ0) is 20.6. The van der Waals surface area contributed by atoms with Gasteiger partial charge in [-0.15, -0.1) is 11.8 Å². The molecule has 0 N–H and O–H groups in total. The zero-order valence-electron chi connectivity index (χ0n) is 16.4. The van der Waals surface area contributed by atoms with Crippen LogP contribution in [0.25, 0.3) is 0 Å². The fourth-order valence-corrected chi connectivity index (χ4v) is 3.76. The number of allylic oxidation sites excluding steroid dienone is 3. The Morgan fingerprint density at radius 2 is 1.52 bits per heavy atom. The Morgan fingerprint density at radius 1 is 0.931 bits per heavy atom. The molecule has 0 unspecified atom stereocenters. The standard InChI is InChI=1S/C25H22O3S/c1-3-28-25(27)24(29-2)23(20-15-9-10-16-20)21(18-11-7-8-12-18)17-22(26)19-13-5-4-6-14-19/h4-17H,3H2,1-2H3/b21-17-,24-23+. The Bertz CT molecular complexity index is 767. The van der Waals surface area contributed by atoms with Crippen molar-refractivity contribution in [2.45, 2.75) is 6.92 Å². The van der Waals surface area contributed by atoms with Crippen molar-refractivity contribution in [3.63, 3.8) is 0 Å². The summed E-state index contributed by atoms with van der Waals surface area (Å²) < 4.78 is 5.30. The Labute approximate surface area is 179 Å². The molecule has 0 bridgehead atoms. The van der Waals surface area contributed by atoms with Gasteiger partial charge in [-0.05, 0) is 81.8 Å². The maximum atomic E-state index is 13.0. The third-order valence-corrected chi connectivity index (χ3v) is 5.20. The van der Waals surface area contributed by atoms with Gasteiger partial charge in [0, 0.05) is 17.4 Å². The highest BCUT2D eigenvalue weighted by atomic mass is 32.2. The minimum Gasteiger partial charge on any atom is -0.462 e. The molecule has 0 saturated heterocycles. The number of ether oxygens (including phenoxy) is 1. The number of ketones is 1. The molecule has 3 nitrogen and oxygen atoms in total. The largest absolute Gasteiger partial charge is 0.462 e. The van der Waals surface area contributed by atoms with Crippen LogP contribution in [0, 0.1) is 63.2 Å². The van der Waals surface area contributed by atoms with Gasteiger partial charge >= 0.3 is 5.97 Å². The average molecular weight is 403 g/mol. The third kappa shape index (κ3) is 5.42. The first kappa shape index (κ1) is 21.9. The van der Waals surface area contributed by atoms with E-state index in [0.29, 0.717) is 21.6 Å². The van der Waals surface area contributed by atoms with E-state index in [1.165, 1.54) is 11.8 Å². The average Bonchev–Trinajstić information content (AvgIpc) is 3.45. The van der Waals surface area contributed by atoms with Crippen molar-refractivity contribution in [1.82, 2.24) is 0 Å². The highest BCUT2D eigenvalue weighted by molar-refractivity contribution is 8.03. The first-order chi connectivity index (χ1) is 14.2. The van der Waals surface area contributed by atoms with Crippen LogP contribution in [0.5, 0.6) is 0 Å². The first-order valence-electron chi connectivity index (χ1n) is 9.36. The van der Waals surface area contributed by atoms with Gasteiger partial charge in [0.2, 0.25) is 0 Å². The van der Waals surface area contributed by atoms with Crippen LogP contribution >= 0.6 is 11.8 Å². The van der Waals surface area contributed by atoms with Gasteiger partial charge in [0.25, 0.3) is 0 Å². The van der Waals surface area contributed by atoms with Crippen molar-refractivity contribution in [2.75, 3.05) is 12.9 Å². The van der Waals surface area contributed by atoms with E-state index in [9.17, 15) is 9.59 Å². The topological polar surface area (TPSA) is 43.4 Å².